The van der Waals surface area contributed by atoms with Crippen LogP contribution in [0.15, 0.2) is 0 Å². The quantitative estimate of drug-likeness (QED) is 0.205. The first kappa shape index (κ1) is 29.6. The number of hydrogen-bond donors (Lipinski definition) is 4. The summed E-state index contributed by atoms with van der Waals surface area (Å²) in [6.45, 7) is 11.9. The lowest BCUT2D eigenvalue weighted by molar-refractivity contribution is -0.131. The van der Waals surface area contributed by atoms with Crippen LogP contribution in [0.1, 0.15) is 80.1 Å². The fraction of sp³-hybridized carbons (Fsp3) is 0.864. The van der Waals surface area contributed by atoms with Crippen LogP contribution in [0.3, 0.4) is 0 Å². The zero-order valence-corrected chi connectivity index (χ0v) is 21.0. The molecule has 0 aliphatic carbocycles. The van der Waals surface area contributed by atoms with Crippen LogP contribution in [-0.2, 0) is 14.2 Å². The second-order valence-electron chi connectivity index (χ2n) is 9.47. The summed E-state index contributed by atoms with van der Waals surface area (Å²) in [6.07, 6.45) is 3.08. The largest absolute Gasteiger partial charge is 0.352 e. The number of unbranched alkanes of at least 4 members (excludes halogenated alkanes) is 1. The summed E-state index contributed by atoms with van der Waals surface area (Å²) in [5, 5.41) is 5.43. The highest BCUT2D eigenvalue weighted by Gasteiger charge is 2.28. The molecule has 0 aliphatic rings. The van der Waals surface area contributed by atoms with Crippen LogP contribution in [0, 0.1) is 17.8 Å². The maximum Gasteiger partial charge on any atom is 0.312 e. The third-order valence-electron chi connectivity index (χ3n) is 5.50. The number of ketones is 1. The number of hydrogen-bond acceptors (Lipinski definition) is 4. The molecule has 0 rings (SSSR count). The fourth-order valence-electron chi connectivity index (χ4n) is 3.37. The molecule has 0 spiro atoms. The van der Waals surface area contributed by atoms with Gasteiger partial charge in [0.2, 0.25) is 13.3 Å². The number of nitrogens with two attached hydrogens (primary N) is 1. The molecule has 0 fully saturated rings. The Balaban J connectivity index is 4.97. The van der Waals surface area contributed by atoms with Crippen LogP contribution in [0.2, 0.25) is 0 Å². The number of amides is 3. The number of nitrogens with one attached hydrogen (secondary N) is 2. The van der Waals surface area contributed by atoms with E-state index in [-0.39, 0.29) is 41.8 Å². The summed E-state index contributed by atoms with van der Waals surface area (Å²) in [5.41, 5.74) is 4.79. The SMILES string of the molecule is CC(C)C[C@H](C(=O)N[C@@H](CCCNC(N)=O)C(=O)CCCCP(=O)(O)C(C)C)C(C)C. The average Bonchev–Trinajstić information content (AvgIpc) is 2.64. The van der Waals surface area contributed by atoms with E-state index in [1.165, 1.54) is 0 Å². The number of rotatable bonds is 16. The van der Waals surface area contributed by atoms with Gasteiger partial charge in [-0.3, -0.25) is 14.2 Å². The van der Waals surface area contributed by atoms with E-state index in [0.29, 0.717) is 38.1 Å². The van der Waals surface area contributed by atoms with Gasteiger partial charge in [-0.05, 0) is 43.9 Å². The van der Waals surface area contributed by atoms with Crippen LogP contribution in [0.4, 0.5) is 4.79 Å². The van der Waals surface area contributed by atoms with Crippen molar-refractivity contribution in [2.75, 3.05) is 12.7 Å². The molecule has 0 aromatic heterocycles. The van der Waals surface area contributed by atoms with Crippen molar-refractivity contribution in [1.29, 1.82) is 0 Å². The van der Waals surface area contributed by atoms with Gasteiger partial charge in [0.15, 0.2) is 5.78 Å². The predicted molar refractivity (Wildman–Crippen MR) is 125 cm³/mol. The Labute approximate surface area is 187 Å². The molecule has 182 valence electrons. The van der Waals surface area contributed by atoms with Gasteiger partial charge in [-0.2, -0.15) is 0 Å². The number of carbonyl (C=O) groups excluding carboxylic acids is 3. The number of primary amides is 1. The fourth-order valence-corrected chi connectivity index (χ4v) is 4.56. The van der Waals surface area contributed by atoms with Crippen molar-refractivity contribution in [1.82, 2.24) is 10.6 Å². The van der Waals surface area contributed by atoms with E-state index in [0.717, 1.165) is 6.42 Å². The van der Waals surface area contributed by atoms with Gasteiger partial charge in [-0.1, -0.05) is 41.5 Å². The maximum absolute atomic E-state index is 12.9. The first-order chi connectivity index (χ1) is 14.3. The van der Waals surface area contributed by atoms with E-state index < -0.39 is 19.4 Å². The van der Waals surface area contributed by atoms with Crippen molar-refractivity contribution in [3.63, 3.8) is 0 Å². The molecule has 0 aliphatic heterocycles. The standard InChI is InChI=1S/C22H44N3O5P/c1-15(2)14-18(16(3)4)21(27)25-19(10-9-12-24-22(23)28)20(26)11-7-8-13-31(29,30)17(5)6/h15-19H,7-14H2,1-6H3,(H,25,27)(H,29,30)(H3,23,24,28)/t18-,19-/m0/s1. The normalized spacial score (nSPS) is 15.5. The van der Waals surface area contributed by atoms with Gasteiger partial charge >= 0.3 is 6.03 Å². The molecular formula is C22H44N3O5P. The molecular weight excluding hydrogens is 417 g/mol. The van der Waals surface area contributed by atoms with Crippen molar-refractivity contribution in [3.8, 4) is 0 Å². The first-order valence-corrected chi connectivity index (χ1v) is 13.4. The molecule has 1 unspecified atom stereocenters. The minimum atomic E-state index is -3.17. The van der Waals surface area contributed by atoms with Gasteiger partial charge in [-0.25, -0.2) is 4.79 Å². The Morgan fingerprint density at radius 2 is 1.61 bits per heavy atom. The summed E-state index contributed by atoms with van der Waals surface area (Å²) in [7, 11) is -3.17. The number of urea groups is 1. The van der Waals surface area contributed by atoms with E-state index in [1.807, 2.05) is 13.8 Å². The van der Waals surface area contributed by atoms with Crippen LogP contribution in [0.25, 0.3) is 0 Å². The van der Waals surface area contributed by atoms with Crippen molar-refractivity contribution in [2.24, 2.45) is 23.5 Å². The molecule has 0 saturated carbocycles. The Morgan fingerprint density at radius 1 is 1.00 bits per heavy atom. The van der Waals surface area contributed by atoms with Gasteiger partial charge in [0, 0.05) is 30.7 Å². The van der Waals surface area contributed by atoms with Crippen LogP contribution in [0.5, 0.6) is 0 Å². The Kier molecular flexibility index (Phi) is 14.0. The Morgan fingerprint density at radius 3 is 2.10 bits per heavy atom. The van der Waals surface area contributed by atoms with Gasteiger partial charge in [0.25, 0.3) is 0 Å². The summed E-state index contributed by atoms with van der Waals surface area (Å²) in [4.78, 5) is 46.5. The summed E-state index contributed by atoms with van der Waals surface area (Å²) < 4.78 is 12.1. The second-order valence-corrected chi connectivity index (χ2v) is 12.5. The van der Waals surface area contributed by atoms with Gasteiger partial charge < -0.3 is 21.3 Å². The van der Waals surface area contributed by atoms with Gasteiger partial charge in [-0.15, -0.1) is 0 Å². The predicted octanol–water partition coefficient (Wildman–Crippen LogP) is 3.66. The lowest BCUT2D eigenvalue weighted by Gasteiger charge is -2.25. The number of carbonyl (C=O) groups is 3. The zero-order chi connectivity index (χ0) is 24.2. The molecule has 0 aromatic carbocycles. The van der Waals surface area contributed by atoms with E-state index in [4.69, 9.17) is 5.73 Å². The van der Waals surface area contributed by atoms with Crippen LogP contribution < -0.4 is 16.4 Å². The van der Waals surface area contributed by atoms with Crippen molar-refractivity contribution in [3.05, 3.63) is 0 Å². The summed E-state index contributed by atoms with van der Waals surface area (Å²) in [5.74, 6) is 0.137. The second kappa shape index (κ2) is 14.6. The molecule has 3 amide bonds. The molecule has 5 N–H and O–H groups in total. The summed E-state index contributed by atoms with van der Waals surface area (Å²) in [6, 6.07) is -1.26. The lowest BCUT2D eigenvalue weighted by Crippen LogP contribution is -2.45. The zero-order valence-electron chi connectivity index (χ0n) is 20.1. The topological polar surface area (TPSA) is 139 Å². The maximum atomic E-state index is 12.9. The molecule has 0 radical (unpaired) electrons. The molecule has 9 heteroatoms. The third-order valence-corrected chi connectivity index (χ3v) is 8.07. The number of Topliss-reactive ketones (excluding diaryl/α,β-unsaturated/α-hetero) is 1. The van der Waals surface area contributed by atoms with E-state index >= 15 is 0 Å². The molecule has 31 heavy (non-hydrogen) atoms. The van der Waals surface area contributed by atoms with E-state index in [1.54, 1.807) is 13.8 Å². The molecule has 3 atom stereocenters. The Hall–Kier alpha value is -1.40. The molecule has 0 heterocycles. The van der Waals surface area contributed by atoms with Crippen LogP contribution in [-0.4, -0.2) is 47.0 Å². The van der Waals surface area contributed by atoms with Crippen LogP contribution >= 0.6 is 7.37 Å². The smallest absolute Gasteiger partial charge is 0.312 e. The van der Waals surface area contributed by atoms with Crippen molar-refractivity contribution >= 4 is 25.1 Å². The monoisotopic (exact) mass is 461 g/mol. The lowest BCUT2D eigenvalue weighted by atomic mass is 9.86. The Bertz CT molecular complexity index is 622. The highest BCUT2D eigenvalue weighted by molar-refractivity contribution is 7.58. The first-order valence-electron chi connectivity index (χ1n) is 11.5. The minimum Gasteiger partial charge on any atom is -0.352 e. The molecule has 0 aromatic rings. The van der Waals surface area contributed by atoms with Crippen molar-refractivity contribution < 1.29 is 23.8 Å². The van der Waals surface area contributed by atoms with E-state index in [2.05, 4.69) is 24.5 Å². The third kappa shape index (κ3) is 12.9. The highest BCUT2D eigenvalue weighted by atomic mass is 31.2. The molecule has 8 nitrogen and oxygen atoms in total. The average molecular weight is 462 g/mol. The van der Waals surface area contributed by atoms with Crippen molar-refractivity contribution in [2.45, 2.75) is 91.8 Å². The van der Waals surface area contributed by atoms with Gasteiger partial charge in [0.1, 0.15) is 0 Å². The molecule has 0 saturated heterocycles. The van der Waals surface area contributed by atoms with Gasteiger partial charge in [0.05, 0.1) is 6.04 Å². The highest BCUT2D eigenvalue weighted by Crippen LogP contribution is 2.46. The minimum absolute atomic E-state index is 0.0863. The van der Waals surface area contributed by atoms with E-state index in [9.17, 15) is 23.8 Å². The summed E-state index contributed by atoms with van der Waals surface area (Å²) >= 11 is 0. The molecule has 0 bridgehead atoms.